The Balaban J connectivity index is 1.36. The van der Waals surface area contributed by atoms with Crippen LogP contribution >= 0.6 is 11.3 Å². The Morgan fingerprint density at radius 1 is 1.32 bits per heavy atom. The fourth-order valence-electron chi connectivity index (χ4n) is 3.80. The summed E-state index contributed by atoms with van der Waals surface area (Å²) in [6.45, 7) is 0.533. The molecule has 0 radical (unpaired) electrons. The molecular formula is C17H21N3OS. The summed E-state index contributed by atoms with van der Waals surface area (Å²) < 4.78 is 1.18. The molecule has 4 nitrogen and oxygen atoms in total. The van der Waals surface area contributed by atoms with Crippen molar-refractivity contribution in [2.45, 2.75) is 50.7 Å². The SMILES string of the molecule is O=C(NCc1nc2ccccc2s1)C1CC2CCCCC2N1. The molecule has 2 aromatic rings. The number of aromatic nitrogens is 1. The van der Waals surface area contributed by atoms with Gasteiger partial charge in [-0.2, -0.15) is 0 Å². The number of fused-ring (bicyclic) bond motifs is 2. The van der Waals surface area contributed by atoms with Crippen LogP contribution in [0.2, 0.25) is 0 Å². The van der Waals surface area contributed by atoms with Gasteiger partial charge in [0.15, 0.2) is 0 Å². The molecule has 1 aliphatic heterocycles. The third kappa shape index (κ3) is 2.75. The second-order valence-corrected chi connectivity index (χ2v) is 7.51. The molecule has 1 aliphatic carbocycles. The third-order valence-electron chi connectivity index (χ3n) is 4.93. The Bertz CT molecular complexity index is 636. The van der Waals surface area contributed by atoms with E-state index in [0.717, 1.165) is 16.9 Å². The van der Waals surface area contributed by atoms with Gasteiger partial charge in [-0.05, 0) is 37.3 Å². The van der Waals surface area contributed by atoms with Gasteiger partial charge < -0.3 is 10.6 Å². The number of hydrogen-bond acceptors (Lipinski definition) is 4. The van der Waals surface area contributed by atoms with E-state index in [1.165, 1.54) is 30.4 Å². The predicted molar refractivity (Wildman–Crippen MR) is 88.8 cm³/mol. The number of benzene rings is 1. The summed E-state index contributed by atoms with van der Waals surface area (Å²) in [5.41, 5.74) is 1.02. The van der Waals surface area contributed by atoms with E-state index in [2.05, 4.69) is 21.7 Å². The van der Waals surface area contributed by atoms with Gasteiger partial charge in [-0.25, -0.2) is 4.98 Å². The van der Waals surface area contributed by atoms with Crippen LogP contribution in [0.15, 0.2) is 24.3 Å². The highest BCUT2D eigenvalue weighted by Gasteiger charge is 2.38. The number of nitrogens with zero attached hydrogens (tertiary/aromatic N) is 1. The van der Waals surface area contributed by atoms with Crippen LogP contribution in [0.1, 0.15) is 37.1 Å². The number of rotatable bonds is 3. The quantitative estimate of drug-likeness (QED) is 0.916. The molecule has 2 aliphatic rings. The van der Waals surface area contributed by atoms with Crippen molar-refractivity contribution in [2.24, 2.45) is 5.92 Å². The van der Waals surface area contributed by atoms with Crippen molar-refractivity contribution in [3.05, 3.63) is 29.3 Å². The Labute approximate surface area is 134 Å². The van der Waals surface area contributed by atoms with Gasteiger partial charge >= 0.3 is 0 Å². The smallest absolute Gasteiger partial charge is 0.237 e. The molecule has 0 bridgehead atoms. The van der Waals surface area contributed by atoms with Crippen LogP contribution in [0.3, 0.4) is 0 Å². The zero-order chi connectivity index (χ0) is 14.9. The number of thiazole rings is 1. The van der Waals surface area contributed by atoms with Crippen molar-refractivity contribution in [2.75, 3.05) is 0 Å². The maximum Gasteiger partial charge on any atom is 0.237 e. The summed E-state index contributed by atoms with van der Waals surface area (Å²) in [5.74, 6) is 0.834. The molecule has 22 heavy (non-hydrogen) atoms. The van der Waals surface area contributed by atoms with Crippen molar-refractivity contribution in [1.29, 1.82) is 0 Å². The van der Waals surface area contributed by atoms with Crippen LogP contribution in [-0.2, 0) is 11.3 Å². The number of nitrogens with one attached hydrogen (secondary N) is 2. The lowest BCUT2D eigenvalue weighted by atomic mass is 9.85. The molecule has 1 aromatic heterocycles. The van der Waals surface area contributed by atoms with Gasteiger partial charge in [0, 0.05) is 6.04 Å². The first-order valence-electron chi connectivity index (χ1n) is 8.18. The van der Waals surface area contributed by atoms with Gasteiger partial charge in [0.05, 0.1) is 22.8 Å². The summed E-state index contributed by atoms with van der Waals surface area (Å²) in [5, 5.41) is 7.56. The molecule has 3 unspecified atom stereocenters. The predicted octanol–water partition coefficient (Wildman–Crippen LogP) is 2.83. The highest BCUT2D eigenvalue weighted by molar-refractivity contribution is 7.18. The summed E-state index contributed by atoms with van der Waals surface area (Å²) in [4.78, 5) is 16.9. The van der Waals surface area contributed by atoms with Crippen LogP contribution in [0.5, 0.6) is 0 Å². The molecule has 1 saturated carbocycles. The number of amides is 1. The standard InChI is InChI=1S/C17H21N3OS/c21-17(14-9-11-5-1-2-6-12(11)19-14)18-10-16-20-13-7-3-4-8-15(13)22-16/h3-4,7-8,11-12,14,19H,1-2,5-6,9-10H2,(H,18,21). The number of carbonyl (C=O) groups excluding carboxylic acids is 1. The first-order chi connectivity index (χ1) is 10.8. The summed E-state index contributed by atoms with van der Waals surface area (Å²) >= 11 is 1.66. The van der Waals surface area contributed by atoms with Crippen molar-refractivity contribution in [3.8, 4) is 0 Å². The Morgan fingerprint density at radius 3 is 3.05 bits per heavy atom. The average Bonchev–Trinajstić information content (AvgIpc) is 3.15. The maximum atomic E-state index is 12.4. The van der Waals surface area contributed by atoms with Crippen LogP contribution in [0.25, 0.3) is 10.2 Å². The molecule has 1 saturated heterocycles. The van der Waals surface area contributed by atoms with Crippen molar-refractivity contribution in [3.63, 3.8) is 0 Å². The van der Waals surface area contributed by atoms with Crippen LogP contribution in [0.4, 0.5) is 0 Å². The lowest BCUT2D eigenvalue weighted by molar-refractivity contribution is -0.123. The van der Waals surface area contributed by atoms with Gasteiger partial charge in [0.1, 0.15) is 5.01 Å². The number of hydrogen-bond donors (Lipinski definition) is 2. The molecule has 4 rings (SSSR count). The average molecular weight is 315 g/mol. The van der Waals surface area contributed by atoms with E-state index in [1.807, 2.05) is 18.2 Å². The minimum Gasteiger partial charge on any atom is -0.348 e. The Morgan fingerprint density at radius 2 is 2.18 bits per heavy atom. The lowest BCUT2D eigenvalue weighted by Gasteiger charge is -2.24. The van der Waals surface area contributed by atoms with Gasteiger partial charge in [-0.3, -0.25) is 4.79 Å². The van der Waals surface area contributed by atoms with Crippen LogP contribution in [-0.4, -0.2) is 23.0 Å². The van der Waals surface area contributed by atoms with Gasteiger partial charge in [0.2, 0.25) is 5.91 Å². The van der Waals surface area contributed by atoms with Gasteiger partial charge in [-0.1, -0.05) is 25.0 Å². The monoisotopic (exact) mass is 315 g/mol. The zero-order valence-electron chi connectivity index (χ0n) is 12.5. The van der Waals surface area contributed by atoms with Crippen molar-refractivity contribution >= 4 is 27.5 Å². The van der Waals surface area contributed by atoms with Gasteiger partial charge in [-0.15, -0.1) is 11.3 Å². The molecule has 1 amide bonds. The normalized spacial score (nSPS) is 27.7. The molecule has 0 spiro atoms. The Hall–Kier alpha value is -1.46. The topological polar surface area (TPSA) is 54.0 Å². The highest BCUT2D eigenvalue weighted by atomic mass is 32.1. The fourth-order valence-corrected chi connectivity index (χ4v) is 4.71. The highest BCUT2D eigenvalue weighted by Crippen LogP contribution is 2.33. The fraction of sp³-hybridized carbons (Fsp3) is 0.529. The Kier molecular flexibility index (Phi) is 3.84. The second kappa shape index (κ2) is 5.97. The van der Waals surface area contributed by atoms with Crippen LogP contribution in [0, 0.1) is 5.92 Å². The third-order valence-corrected chi connectivity index (χ3v) is 5.97. The van der Waals surface area contributed by atoms with Crippen molar-refractivity contribution in [1.82, 2.24) is 15.6 Å². The van der Waals surface area contributed by atoms with E-state index in [-0.39, 0.29) is 11.9 Å². The van der Waals surface area contributed by atoms with E-state index in [1.54, 1.807) is 11.3 Å². The molecule has 2 heterocycles. The zero-order valence-corrected chi connectivity index (χ0v) is 13.4. The first kappa shape index (κ1) is 14.2. The lowest BCUT2D eigenvalue weighted by Crippen LogP contribution is -2.42. The maximum absolute atomic E-state index is 12.4. The summed E-state index contributed by atoms with van der Waals surface area (Å²) in [7, 11) is 0. The van der Waals surface area contributed by atoms with Crippen molar-refractivity contribution < 1.29 is 4.79 Å². The molecule has 1 aromatic carbocycles. The second-order valence-electron chi connectivity index (χ2n) is 6.40. The first-order valence-corrected chi connectivity index (χ1v) is 8.99. The molecule has 2 N–H and O–H groups in total. The molecule has 5 heteroatoms. The minimum atomic E-state index is -0.0116. The van der Waals surface area contributed by atoms with E-state index in [4.69, 9.17) is 0 Å². The largest absolute Gasteiger partial charge is 0.348 e. The van der Waals surface area contributed by atoms with E-state index < -0.39 is 0 Å². The number of carbonyl (C=O) groups is 1. The van der Waals surface area contributed by atoms with E-state index in [9.17, 15) is 4.79 Å². The number of para-hydroxylation sites is 1. The molecule has 2 fully saturated rings. The van der Waals surface area contributed by atoms with E-state index >= 15 is 0 Å². The summed E-state index contributed by atoms with van der Waals surface area (Å²) in [6, 6.07) is 8.65. The molecule has 116 valence electrons. The summed E-state index contributed by atoms with van der Waals surface area (Å²) in [6.07, 6.45) is 6.12. The molecular weight excluding hydrogens is 294 g/mol. The van der Waals surface area contributed by atoms with Gasteiger partial charge in [0.25, 0.3) is 0 Å². The molecule has 3 atom stereocenters. The van der Waals surface area contributed by atoms with Crippen LogP contribution < -0.4 is 10.6 Å². The minimum absolute atomic E-state index is 0.0116. The van der Waals surface area contributed by atoms with E-state index in [0.29, 0.717) is 18.5 Å².